The Morgan fingerprint density at radius 3 is 2.57 bits per heavy atom. The fourth-order valence-corrected chi connectivity index (χ4v) is 6.13. The molecule has 2 amide bonds. The maximum Gasteiger partial charge on any atom is 0.325 e. The predicted octanol–water partition coefficient (Wildman–Crippen LogP) is 2.80. The number of halogens is 1. The minimum absolute atomic E-state index is 0.0251. The molecule has 0 radical (unpaired) electrons. The van der Waals surface area contributed by atoms with Crippen LogP contribution in [0.1, 0.15) is 49.9 Å². The Morgan fingerprint density at radius 2 is 1.83 bits per heavy atom. The highest BCUT2D eigenvalue weighted by Crippen LogP contribution is 2.39. The van der Waals surface area contributed by atoms with Crippen molar-refractivity contribution < 1.29 is 28.7 Å². The van der Waals surface area contributed by atoms with E-state index < -0.39 is 11.8 Å². The fraction of sp³-hybridized carbons (Fsp3) is 0.375. The van der Waals surface area contributed by atoms with Gasteiger partial charge in [0.25, 0.3) is 0 Å². The molecule has 15 heteroatoms. The number of rotatable bonds is 11. The van der Waals surface area contributed by atoms with E-state index in [0.717, 1.165) is 16.6 Å². The van der Waals surface area contributed by atoms with Crippen LogP contribution in [0.5, 0.6) is 0 Å². The van der Waals surface area contributed by atoms with Crippen molar-refractivity contribution >= 4 is 45.4 Å². The third kappa shape index (κ3) is 6.73. The standard InChI is InChI=1S/C32H34FN9O5/c1-19(43)6-7-29(45)40-10-8-20(9-11-40)32-31-23(24-13-27-21(12-25(24)33)14-35-39(27)2)4-3-5-26(31)42(37-32)17-28(44)34-15-22-16-41(38-36-22)18-30(46)47/h3-5,12-14,16,20H,6-11,15,17-18H2,1-2H3,(H,34,44)(H,46,47). The lowest BCUT2D eigenvalue weighted by molar-refractivity contribution is -0.138. The summed E-state index contributed by atoms with van der Waals surface area (Å²) in [7, 11) is 1.80. The number of aromatic nitrogens is 7. The highest BCUT2D eigenvalue weighted by molar-refractivity contribution is 6.00. The summed E-state index contributed by atoms with van der Waals surface area (Å²) < 4.78 is 20.2. The third-order valence-electron chi connectivity index (χ3n) is 8.50. The number of Topliss-reactive ketones (excluding diaryl/α,β-unsaturated/α-hetero) is 1. The largest absolute Gasteiger partial charge is 0.480 e. The molecule has 0 unspecified atom stereocenters. The van der Waals surface area contributed by atoms with E-state index in [1.165, 1.54) is 23.9 Å². The Bertz CT molecular complexity index is 2000. The van der Waals surface area contributed by atoms with Crippen LogP contribution in [0.2, 0.25) is 0 Å². The van der Waals surface area contributed by atoms with E-state index >= 15 is 4.39 Å². The Balaban J connectivity index is 1.31. The van der Waals surface area contributed by atoms with Crippen LogP contribution in [0.4, 0.5) is 4.39 Å². The maximum atomic E-state index is 15.7. The zero-order chi connectivity index (χ0) is 33.2. The molecule has 47 heavy (non-hydrogen) atoms. The van der Waals surface area contributed by atoms with Crippen LogP contribution in [-0.4, -0.2) is 81.2 Å². The summed E-state index contributed by atoms with van der Waals surface area (Å²) >= 11 is 0. The molecule has 2 N–H and O–H groups in total. The van der Waals surface area contributed by atoms with Crippen LogP contribution in [0.25, 0.3) is 32.9 Å². The van der Waals surface area contributed by atoms with Gasteiger partial charge in [-0.15, -0.1) is 5.10 Å². The van der Waals surface area contributed by atoms with E-state index in [0.29, 0.717) is 53.7 Å². The zero-order valence-electron chi connectivity index (χ0n) is 26.0. The van der Waals surface area contributed by atoms with Crippen LogP contribution in [0, 0.1) is 5.82 Å². The second kappa shape index (κ2) is 13.1. The minimum atomic E-state index is -1.06. The number of nitrogens with one attached hydrogen (secondary N) is 1. The maximum absolute atomic E-state index is 15.7. The van der Waals surface area contributed by atoms with Gasteiger partial charge in [0.2, 0.25) is 11.8 Å². The Morgan fingerprint density at radius 1 is 1.04 bits per heavy atom. The number of hydrogen-bond acceptors (Lipinski definition) is 8. The molecule has 244 valence electrons. The summed E-state index contributed by atoms with van der Waals surface area (Å²) in [5, 5.41) is 30.0. The van der Waals surface area contributed by atoms with Gasteiger partial charge in [0.15, 0.2) is 0 Å². The summed E-state index contributed by atoms with van der Waals surface area (Å²) in [5.41, 5.74) is 3.57. The molecular weight excluding hydrogens is 609 g/mol. The van der Waals surface area contributed by atoms with Crippen molar-refractivity contribution in [1.29, 1.82) is 0 Å². The van der Waals surface area contributed by atoms with Gasteiger partial charge in [-0.2, -0.15) is 10.2 Å². The molecular formula is C32H34FN9O5. The first-order valence-corrected chi connectivity index (χ1v) is 15.3. The number of piperidine rings is 1. The number of aryl methyl sites for hydroxylation is 1. The van der Waals surface area contributed by atoms with E-state index in [4.69, 9.17) is 10.2 Å². The van der Waals surface area contributed by atoms with Crippen LogP contribution < -0.4 is 5.32 Å². The average molecular weight is 644 g/mol. The third-order valence-corrected chi connectivity index (χ3v) is 8.50. The quantitative estimate of drug-likeness (QED) is 0.220. The molecule has 0 aliphatic carbocycles. The number of likely N-dealkylation sites (tertiary alicyclic amines) is 1. The minimum Gasteiger partial charge on any atom is -0.480 e. The number of carbonyl (C=O) groups is 4. The van der Waals surface area contributed by atoms with Crippen LogP contribution in [0.15, 0.2) is 42.7 Å². The molecule has 1 fully saturated rings. The first-order valence-electron chi connectivity index (χ1n) is 15.3. The van der Waals surface area contributed by atoms with Crippen molar-refractivity contribution in [3.63, 3.8) is 0 Å². The summed E-state index contributed by atoms with van der Waals surface area (Å²) in [4.78, 5) is 50.0. The van der Waals surface area contributed by atoms with Gasteiger partial charge < -0.3 is 20.1 Å². The van der Waals surface area contributed by atoms with E-state index in [1.54, 1.807) is 33.6 Å². The second-order valence-corrected chi connectivity index (χ2v) is 11.8. The van der Waals surface area contributed by atoms with Gasteiger partial charge in [-0.3, -0.25) is 23.7 Å². The molecule has 5 aromatic rings. The number of carbonyl (C=O) groups excluding carboxylic acids is 3. The number of ketones is 1. The van der Waals surface area contributed by atoms with Crippen molar-refractivity contribution in [3.8, 4) is 11.1 Å². The molecule has 0 bridgehead atoms. The lowest BCUT2D eigenvalue weighted by Gasteiger charge is -2.31. The molecule has 1 aliphatic rings. The van der Waals surface area contributed by atoms with Crippen LogP contribution >= 0.6 is 0 Å². The molecule has 3 aromatic heterocycles. The van der Waals surface area contributed by atoms with Gasteiger partial charge >= 0.3 is 5.97 Å². The van der Waals surface area contributed by atoms with Crippen molar-refractivity contribution in [1.82, 2.24) is 44.8 Å². The lowest BCUT2D eigenvalue weighted by atomic mass is 9.88. The smallest absolute Gasteiger partial charge is 0.325 e. The molecule has 1 aliphatic heterocycles. The van der Waals surface area contributed by atoms with Gasteiger partial charge in [-0.1, -0.05) is 17.3 Å². The molecule has 0 atom stereocenters. The number of carboxylic acid groups (broad SMARTS) is 1. The van der Waals surface area contributed by atoms with E-state index in [1.807, 2.05) is 18.2 Å². The van der Waals surface area contributed by atoms with Crippen molar-refractivity contribution in [2.45, 2.75) is 58.2 Å². The lowest BCUT2D eigenvalue weighted by Crippen LogP contribution is -2.38. The normalized spacial score (nSPS) is 13.8. The number of carboxylic acids is 1. The van der Waals surface area contributed by atoms with Gasteiger partial charge in [0.1, 0.15) is 30.4 Å². The molecule has 2 aromatic carbocycles. The fourth-order valence-electron chi connectivity index (χ4n) is 6.13. The van der Waals surface area contributed by atoms with Crippen LogP contribution in [0.3, 0.4) is 0 Å². The van der Waals surface area contributed by atoms with Crippen molar-refractivity contribution in [3.05, 3.63) is 59.9 Å². The highest BCUT2D eigenvalue weighted by Gasteiger charge is 2.29. The highest BCUT2D eigenvalue weighted by atomic mass is 19.1. The molecule has 1 saturated heterocycles. The number of amides is 2. The number of nitrogens with zero attached hydrogens (tertiary/aromatic N) is 8. The predicted molar refractivity (Wildman–Crippen MR) is 167 cm³/mol. The second-order valence-electron chi connectivity index (χ2n) is 11.8. The molecule has 6 rings (SSSR count). The summed E-state index contributed by atoms with van der Waals surface area (Å²) in [5.74, 6) is -1.96. The van der Waals surface area contributed by atoms with Crippen molar-refractivity contribution in [2.75, 3.05) is 13.1 Å². The van der Waals surface area contributed by atoms with E-state index in [2.05, 4.69) is 20.7 Å². The monoisotopic (exact) mass is 643 g/mol. The zero-order valence-corrected chi connectivity index (χ0v) is 26.0. The topological polar surface area (TPSA) is 170 Å². The van der Waals surface area contributed by atoms with Gasteiger partial charge in [-0.05, 0) is 43.5 Å². The van der Waals surface area contributed by atoms with Gasteiger partial charge in [0.05, 0.1) is 35.7 Å². The SMILES string of the molecule is CC(=O)CCC(=O)N1CCC(c2nn(CC(=O)NCc3cn(CC(=O)O)nn3)c3cccc(-c4cc5c(cnn5C)cc4F)c23)CC1. The summed E-state index contributed by atoms with van der Waals surface area (Å²) in [6.07, 6.45) is 4.70. The summed E-state index contributed by atoms with van der Waals surface area (Å²) in [6, 6.07) is 8.74. The molecule has 0 spiro atoms. The number of benzene rings is 2. The van der Waals surface area contributed by atoms with Crippen LogP contribution in [-0.2, 0) is 45.9 Å². The molecule has 4 heterocycles. The average Bonchev–Trinajstić information content (AvgIpc) is 3.75. The number of aliphatic carboxylic acids is 1. The van der Waals surface area contributed by atoms with Gasteiger partial charge in [0, 0.05) is 55.2 Å². The Kier molecular flexibility index (Phi) is 8.78. The number of fused-ring (bicyclic) bond motifs is 2. The first kappa shape index (κ1) is 31.5. The van der Waals surface area contributed by atoms with E-state index in [-0.39, 0.29) is 56.0 Å². The number of hydrogen-bond donors (Lipinski definition) is 2. The Hall–Kier alpha value is -5.47. The Labute approximate surface area is 268 Å². The molecule has 14 nitrogen and oxygen atoms in total. The summed E-state index contributed by atoms with van der Waals surface area (Å²) in [6.45, 7) is 2.04. The van der Waals surface area contributed by atoms with E-state index in [9.17, 15) is 19.2 Å². The first-order chi connectivity index (χ1) is 22.6. The van der Waals surface area contributed by atoms with Gasteiger partial charge in [-0.25, -0.2) is 9.07 Å². The van der Waals surface area contributed by atoms with Crippen molar-refractivity contribution in [2.24, 2.45) is 7.05 Å². The molecule has 0 saturated carbocycles.